The third-order valence-corrected chi connectivity index (χ3v) is 4.79. The van der Waals surface area contributed by atoms with Crippen LogP contribution in [-0.4, -0.2) is 37.4 Å². The van der Waals surface area contributed by atoms with Gasteiger partial charge >= 0.3 is 30.6 Å². The fourth-order valence-corrected chi connectivity index (χ4v) is 3.00. The standard InChI is InChI=1S/C23H18F9N5O3/c1-33-19(39)36-20(40)37-34-11-14-7-5-12(9-16(14)22(27,28)29)6-8-17(38)35-18(23(30,31)32)13-3-2-4-15(10-13)21(24,25)26/h2-11,18H,1H3,(H,35,38)(H3,33,36,37,39,40)/b8-6+,34-11+. The smallest absolute Gasteiger partial charge is 0.341 e. The Kier molecular flexibility index (Phi) is 9.91. The molecule has 1 atom stereocenters. The van der Waals surface area contributed by atoms with E-state index in [1.54, 1.807) is 10.7 Å². The van der Waals surface area contributed by atoms with Crippen LogP contribution in [-0.2, 0) is 17.1 Å². The highest BCUT2D eigenvalue weighted by molar-refractivity contribution is 5.94. The molecule has 4 N–H and O–H groups in total. The molecule has 216 valence electrons. The molecule has 0 aliphatic heterocycles. The molecule has 2 rings (SSSR count). The largest absolute Gasteiger partial charge is 0.417 e. The average molecular weight is 583 g/mol. The summed E-state index contributed by atoms with van der Waals surface area (Å²) in [6.07, 6.45) is -13.3. The Morgan fingerprint density at radius 2 is 1.55 bits per heavy atom. The number of hydrogen-bond donors (Lipinski definition) is 4. The molecule has 5 amide bonds. The van der Waals surface area contributed by atoms with E-state index >= 15 is 0 Å². The van der Waals surface area contributed by atoms with Gasteiger partial charge in [-0.3, -0.25) is 10.1 Å². The van der Waals surface area contributed by atoms with Gasteiger partial charge in [-0.2, -0.15) is 44.6 Å². The molecule has 2 aromatic carbocycles. The molecule has 0 radical (unpaired) electrons. The Morgan fingerprint density at radius 1 is 0.875 bits per heavy atom. The number of nitrogens with one attached hydrogen (secondary N) is 4. The van der Waals surface area contributed by atoms with E-state index in [9.17, 15) is 53.9 Å². The summed E-state index contributed by atoms with van der Waals surface area (Å²) < 4.78 is 120. The van der Waals surface area contributed by atoms with Gasteiger partial charge in [-0.1, -0.05) is 24.3 Å². The van der Waals surface area contributed by atoms with Crippen LogP contribution in [0.5, 0.6) is 0 Å². The van der Waals surface area contributed by atoms with Crippen molar-refractivity contribution in [2.45, 2.75) is 24.6 Å². The Hall–Kier alpha value is -4.57. The van der Waals surface area contributed by atoms with Gasteiger partial charge in [0.2, 0.25) is 5.91 Å². The normalized spacial score (nSPS) is 13.2. The molecular formula is C23H18F9N5O3. The Balaban J connectivity index is 2.24. The molecule has 2 aromatic rings. The highest BCUT2D eigenvalue weighted by atomic mass is 19.4. The number of urea groups is 2. The highest BCUT2D eigenvalue weighted by Crippen LogP contribution is 2.36. The summed E-state index contributed by atoms with van der Waals surface area (Å²) in [4.78, 5) is 34.5. The first-order valence-electron chi connectivity index (χ1n) is 10.7. The molecule has 0 bridgehead atoms. The number of hydrazone groups is 1. The molecule has 17 heteroatoms. The second-order valence-corrected chi connectivity index (χ2v) is 7.69. The van der Waals surface area contributed by atoms with Crippen LogP contribution >= 0.6 is 0 Å². The molecule has 0 aliphatic carbocycles. The summed E-state index contributed by atoms with van der Waals surface area (Å²) in [5.74, 6) is -1.45. The first-order valence-corrected chi connectivity index (χ1v) is 10.7. The molecule has 0 spiro atoms. The molecule has 40 heavy (non-hydrogen) atoms. The monoisotopic (exact) mass is 583 g/mol. The van der Waals surface area contributed by atoms with E-state index in [0.717, 1.165) is 30.3 Å². The molecule has 8 nitrogen and oxygen atoms in total. The van der Waals surface area contributed by atoms with Crippen LogP contribution in [0.25, 0.3) is 6.08 Å². The van der Waals surface area contributed by atoms with Crippen molar-refractivity contribution >= 4 is 30.3 Å². The quantitative estimate of drug-likeness (QED) is 0.164. The van der Waals surface area contributed by atoms with Crippen LogP contribution in [0, 0.1) is 0 Å². The maximum Gasteiger partial charge on any atom is 0.417 e. The summed E-state index contributed by atoms with van der Waals surface area (Å²) >= 11 is 0. The van der Waals surface area contributed by atoms with E-state index in [1.807, 2.05) is 5.32 Å². The SMILES string of the molecule is CNC(=O)NC(=O)N/N=C/c1ccc(/C=C/C(=O)NC(c2cccc(C(F)(F)F)c2)C(F)(F)F)cc1C(F)(F)F. The van der Waals surface area contributed by atoms with Gasteiger partial charge in [-0.15, -0.1) is 0 Å². The van der Waals surface area contributed by atoms with Crippen molar-refractivity contribution in [2.75, 3.05) is 7.05 Å². The molecule has 0 heterocycles. The van der Waals surface area contributed by atoms with Gasteiger partial charge in [0.05, 0.1) is 17.3 Å². The highest BCUT2D eigenvalue weighted by Gasteiger charge is 2.42. The first kappa shape index (κ1) is 31.6. The lowest BCUT2D eigenvalue weighted by Crippen LogP contribution is -2.41. The van der Waals surface area contributed by atoms with Crippen molar-refractivity contribution in [1.82, 2.24) is 21.4 Å². The molecule has 0 saturated carbocycles. The van der Waals surface area contributed by atoms with E-state index in [1.165, 1.54) is 12.4 Å². The molecule has 0 fully saturated rings. The van der Waals surface area contributed by atoms with Crippen molar-refractivity contribution in [2.24, 2.45) is 5.10 Å². The van der Waals surface area contributed by atoms with Crippen LogP contribution in [0.1, 0.15) is 33.9 Å². The van der Waals surface area contributed by atoms with Crippen LogP contribution in [0.15, 0.2) is 53.6 Å². The second kappa shape index (κ2) is 12.5. The average Bonchev–Trinajstić information content (AvgIpc) is 2.84. The number of hydrogen-bond acceptors (Lipinski definition) is 4. The zero-order chi connectivity index (χ0) is 30.3. The number of amides is 5. The van der Waals surface area contributed by atoms with E-state index in [-0.39, 0.29) is 11.6 Å². The fourth-order valence-electron chi connectivity index (χ4n) is 3.00. The van der Waals surface area contributed by atoms with Crippen molar-refractivity contribution in [3.05, 3.63) is 76.4 Å². The topological polar surface area (TPSA) is 112 Å². The number of halogens is 9. The Morgan fingerprint density at radius 3 is 2.12 bits per heavy atom. The summed E-state index contributed by atoms with van der Waals surface area (Å²) in [6, 6.07) is -0.250. The number of carbonyl (C=O) groups is 3. The molecule has 0 aliphatic rings. The van der Waals surface area contributed by atoms with E-state index < -0.39 is 64.8 Å². The van der Waals surface area contributed by atoms with Gasteiger partial charge in [0.15, 0.2) is 6.04 Å². The lowest BCUT2D eigenvalue weighted by molar-refractivity contribution is -0.162. The number of carbonyl (C=O) groups excluding carboxylic acids is 3. The summed E-state index contributed by atoms with van der Waals surface area (Å²) in [7, 11) is 1.20. The van der Waals surface area contributed by atoms with Gasteiger partial charge in [0.25, 0.3) is 0 Å². The van der Waals surface area contributed by atoms with Gasteiger partial charge < -0.3 is 10.6 Å². The van der Waals surface area contributed by atoms with Crippen molar-refractivity contribution in [3.8, 4) is 0 Å². The van der Waals surface area contributed by atoms with Gasteiger partial charge in [0, 0.05) is 18.7 Å². The predicted octanol–water partition coefficient (Wildman–Crippen LogP) is 5.13. The van der Waals surface area contributed by atoms with Crippen molar-refractivity contribution in [3.63, 3.8) is 0 Å². The summed E-state index contributed by atoms with van der Waals surface area (Å²) in [5.41, 5.74) is -2.68. The molecular weight excluding hydrogens is 565 g/mol. The lowest BCUT2D eigenvalue weighted by Gasteiger charge is -2.22. The Bertz CT molecular complexity index is 1300. The minimum atomic E-state index is -5.20. The number of alkyl halides is 9. The fraction of sp³-hybridized carbons (Fsp3) is 0.217. The molecule has 0 aromatic heterocycles. The third-order valence-electron chi connectivity index (χ3n) is 4.79. The molecule has 0 saturated heterocycles. The predicted molar refractivity (Wildman–Crippen MR) is 123 cm³/mol. The second-order valence-electron chi connectivity index (χ2n) is 7.69. The van der Waals surface area contributed by atoms with Crippen LogP contribution in [0.2, 0.25) is 0 Å². The third kappa shape index (κ3) is 9.32. The number of benzene rings is 2. The van der Waals surface area contributed by atoms with E-state index in [4.69, 9.17) is 0 Å². The zero-order valence-corrected chi connectivity index (χ0v) is 19.9. The van der Waals surface area contributed by atoms with Crippen LogP contribution in [0.4, 0.5) is 49.1 Å². The number of rotatable bonds is 6. The van der Waals surface area contributed by atoms with Crippen molar-refractivity contribution in [1.29, 1.82) is 0 Å². The number of imide groups is 1. The van der Waals surface area contributed by atoms with E-state index in [0.29, 0.717) is 24.4 Å². The van der Waals surface area contributed by atoms with Crippen molar-refractivity contribution < 1.29 is 53.9 Å². The summed E-state index contributed by atoms with van der Waals surface area (Å²) in [6.45, 7) is 0. The molecule has 1 unspecified atom stereocenters. The number of nitrogens with zero attached hydrogens (tertiary/aromatic N) is 1. The maximum atomic E-state index is 13.5. The Labute approximate surface area is 219 Å². The lowest BCUT2D eigenvalue weighted by atomic mass is 10.0. The minimum absolute atomic E-state index is 0.217. The first-order chi connectivity index (χ1) is 18.4. The van der Waals surface area contributed by atoms with Gasteiger partial charge in [-0.25, -0.2) is 15.0 Å². The van der Waals surface area contributed by atoms with Gasteiger partial charge in [0.1, 0.15) is 0 Å². The van der Waals surface area contributed by atoms with E-state index in [2.05, 4.69) is 5.10 Å². The van der Waals surface area contributed by atoms with Crippen LogP contribution in [0.3, 0.4) is 0 Å². The zero-order valence-electron chi connectivity index (χ0n) is 19.9. The summed E-state index contributed by atoms with van der Waals surface area (Å²) in [5, 5.41) is 8.57. The van der Waals surface area contributed by atoms with Crippen LogP contribution < -0.4 is 21.4 Å². The minimum Gasteiger partial charge on any atom is -0.341 e. The van der Waals surface area contributed by atoms with Gasteiger partial charge in [-0.05, 0) is 35.4 Å². The maximum absolute atomic E-state index is 13.5.